The van der Waals surface area contributed by atoms with Gasteiger partial charge in [0.15, 0.2) is 0 Å². The van der Waals surface area contributed by atoms with Crippen LogP contribution in [-0.4, -0.2) is 17.8 Å². The maximum absolute atomic E-state index is 9.78. The highest BCUT2D eigenvalue weighted by Gasteiger charge is 2.14. The van der Waals surface area contributed by atoms with Gasteiger partial charge < -0.3 is 9.84 Å². The summed E-state index contributed by atoms with van der Waals surface area (Å²) in [6.07, 6.45) is -0.471. The number of hydrogen-bond donors (Lipinski definition) is 1. The molecule has 1 aromatic rings. The fourth-order valence-corrected chi connectivity index (χ4v) is 1.34. The zero-order valence-corrected chi connectivity index (χ0v) is 10.0. The lowest BCUT2D eigenvalue weighted by Gasteiger charge is -2.18. The first kappa shape index (κ1) is 12.9. The molecule has 0 saturated heterocycles. The van der Waals surface area contributed by atoms with Crippen LogP contribution in [0.1, 0.15) is 19.4 Å². The number of ether oxygens (including phenoxy) is 1. The van der Waals surface area contributed by atoms with Crippen molar-refractivity contribution in [1.82, 2.24) is 0 Å². The molecule has 1 rings (SSSR count). The van der Waals surface area contributed by atoms with E-state index in [-0.39, 0.29) is 5.92 Å². The van der Waals surface area contributed by atoms with Gasteiger partial charge in [0.05, 0.1) is 19.3 Å². The third-order valence-electron chi connectivity index (χ3n) is 2.75. The zero-order valence-electron chi connectivity index (χ0n) is 10.0. The molecule has 0 fully saturated rings. The molecule has 0 amide bonds. The van der Waals surface area contributed by atoms with Crippen LogP contribution in [0, 0.1) is 5.92 Å². The lowest BCUT2D eigenvalue weighted by atomic mass is 9.98. The fraction of sp³-hybridized carbons (Fsp3) is 0.429. The first-order valence-corrected chi connectivity index (χ1v) is 5.56. The molecule has 2 nitrogen and oxygen atoms in total. The second kappa shape index (κ2) is 6.46. The predicted octanol–water partition coefficient (Wildman–Crippen LogP) is 2.78. The quantitative estimate of drug-likeness (QED) is 0.747. The average molecular weight is 220 g/mol. The lowest BCUT2D eigenvalue weighted by molar-refractivity contribution is 0.00969. The molecule has 0 unspecified atom stereocenters. The highest BCUT2D eigenvalue weighted by Crippen LogP contribution is 2.13. The largest absolute Gasteiger partial charge is 0.390 e. The predicted molar refractivity (Wildman–Crippen MR) is 66.1 cm³/mol. The fourth-order valence-electron chi connectivity index (χ4n) is 1.34. The van der Waals surface area contributed by atoms with Gasteiger partial charge in [-0.25, -0.2) is 0 Å². The summed E-state index contributed by atoms with van der Waals surface area (Å²) >= 11 is 0. The Morgan fingerprint density at radius 2 is 2.00 bits per heavy atom. The summed E-state index contributed by atoms with van der Waals surface area (Å²) in [6, 6.07) is 9.95. The van der Waals surface area contributed by atoms with E-state index in [1.807, 2.05) is 44.2 Å². The van der Waals surface area contributed by atoms with Crippen LogP contribution >= 0.6 is 0 Å². The van der Waals surface area contributed by atoms with Crippen LogP contribution in [0.3, 0.4) is 0 Å². The maximum atomic E-state index is 9.78. The Morgan fingerprint density at radius 1 is 1.38 bits per heavy atom. The molecule has 0 heterocycles. The highest BCUT2D eigenvalue weighted by molar-refractivity contribution is 5.13. The van der Waals surface area contributed by atoms with Crippen molar-refractivity contribution in [2.75, 3.05) is 6.61 Å². The molecule has 0 aromatic heterocycles. The van der Waals surface area contributed by atoms with Crippen molar-refractivity contribution in [1.29, 1.82) is 0 Å². The molecule has 0 saturated carbocycles. The molecule has 2 heteroatoms. The number of aliphatic hydroxyl groups is 1. The zero-order chi connectivity index (χ0) is 12.0. The summed E-state index contributed by atoms with van der Waals surface area (Å²) in [5.41, 5.74) is 2.11. The Kier molecular flexibility index (Phi) is 5.23. The summed E-state index contributed by atoms with van der Waals surface area (Å²) < 4.78 is 5.46. The molecule has 88 valence electrons. The van der Waals surface area contributed by atoms with Gasteiger partial charge in [-0.05, 0) is 12.5 Å². The van der Waals surface area contributed by atoms with Gasteiger partial charge in [0, 0.05) is 5.92 Å². The van der Waals surface area contributed by atoms with Crippen LogP contribution in [0.15, 0.2) is 42.5 Å². The molecular weight excluding hydrogens is 200 g/mol. The maximum Gasteiger partial charge on any atom is 0.0836 e. The van der Waals surface area contributed by atoms with E-state index in [9.17, 15) is 5.11 Å². The summed E-state index contributed by atoms with van der Waals surface area (Å²) in [5, 5.41) is 9.78. The average Bonchev–Trinajstić information content (AvgIpc) is 2.29. The van der Waals surface area contributed by atoms with E-state index < -0.39 is 6.10 Å². The third-order valence-corrected chi connectivity index (χ3v) is 2.75. The van der Waals surface area contributed by atoms with E-state index in [0.717, 1.165) is 11.1 Å². The van der Waals surface area contributed by atoms with Crippen LogP contribution in [0.25, 0.3) is 0 Å². The number of rotatable bonds is 6. The second-order valence-electron chi connectivity index (χ2n) is 4.20. The van der Waals surface area contributed by atoms with Crippen molar-refractivity contribution in [3.05, 3.63) is 48.0 Å². The molecule has 0 bridgehead atoms. The van der Waals surface area contributed by atoms with Crippen molar-refractivity contribution in [2.24, 2.45) is 5.92 Å². The van der Waals surface area contributed by atoms with Gasteiger partial charge in [-0.2, -0.15) is 0 Å². The normalized spacial score (nSPS) is 14.4. The Labute approximate surface area is 97.6 Å². The van der Waals surface area contributed by atoms with E-state index in [0.29, 0.717) is 13.2 Å². The molecule has 0 aliphatic rings. The summed E-state index contributed by atoms with van der Waals surface area (Å²) in [7, 11) is 0. The molecule has 0 spiro atoms. The molecule has 0 aliphatic carbocycles. The van der Waals surface area contributed by atoms with Crippen LogP contribution < -0.4 is 0 Å². The van der Waals surface area contributed by atoms with Crippen LogP contribution in [0.2, 0.25) is 0 Å². The molecule has 16 heavy (non-hydrogen) atoms. The van der Waals surface area contributed by atoms with Gasteiger partial charge in [-0.3, -0.25) is 0 Å². The Bertz CT molecular complexity index is 319. The molecule has 1 aromatic carbocycles. The topological polar surface area (TPSA) is 29.5 Å². The Morgan fingerprint density at radius 3 is 2.56 bits per heavy atom. The minimum atomic E-state index is -0.471. The minimum absolute atomic E-state index is 0.0794. The van der Waals surface area contributed by atoms with Gasteiger partial charge in [0.1, 0.15) is 0 Å². The Hall–Kier alpha value is -1.12. The lowest BCUT2D eigenvalue weighted by Crippen LogP contribution is -2.24. The molecular formula is C14H20O2. The minimum Gasteiger partial charge on any atom is -0.390 e. The molecule has 2 atom stereocenters. The first-order chi connectivity index (χ1) is 7.61. The second-order valence-corrected chi connectivity index (χ2v) is 4.20. The van der Waals surface area contributed by atoms with Gasteiger partial charge in [0.25, 0.3) is 0 Å². The van der Waals surface area contributed by atoms with Gasteiger partial charge >= 0.3 is 0 Å². The van der Waals surface area contributed by atoms with E-state index in [2.05, 4.69) is 6.58 Å². The first-order valence-electron chi connectivity index (χ1n) is 5.56. The Balaban J connectivity index is 2.28. The van der Waals surface area contributed by atoms with Gasteiger partial charge in [0.2, 0.25) is 0 Å². The van der Waals surface area contributed by atoms with E-state index >= 15 is 0 Å². The van der Waals surface area contributed by atoms with Crippen LogP contribution in [-0.2, 0) is 11.3 Å². The van der Waals surface area contributed by atoms with Crippen molar-refractivity contribution >= 4 is 0 Å². The van der Waals surface area contributed by atoms with Crippen molar-refractivity contribution in [3.63, 3.8) is 0 Å². The van der Waals surface area contributed by atoms with Gasteiger partial charge in [-0.15, -0.1) is 0 Å². The van der Waals surface area contributed by atoms with Crippen molar-refractivity contribution < 1.29 is 9.84 Å². The molecule has 0 aliphatic heterocycles. The smallest absolute Gasteiger partial charge is 0.0836 e. The van der Waals surface area contributed by atoms with Crippen molar-refractivity contribution in [2.45, 2.75) is 26.6 Å². The van der Waals surface area contributed by atoms with Gasteiger partial charge in [-0.1, -0.05) is 49.4 Å². The number of hydrogen-bond acceptors (Lipinski definition) is 2. The monoisotopic (exact) mass is 220 g/mol. The molecule has 1 N–H and O–H groups in total. The summed E-state index contributed by atoms with van der Waals surface area (Å²) in [6.45, 7) is 8.60. The van der Waals surface area contributed by atoms with Crippen LogP contribution in [0.4, 0.5) is 0 Å². The third kappa shape index (κ3) is 4.17. The summed E-state index contributed by atoms with van der Waals surface area (Å²) in [5.74, 6) is 0.0794. The highest BCUT2D eigenvalue weighted by atomic mass is 16.5. The number of benzene rings is 1. The molecule has 0 radical (unpaired) electrons. The number of aliphatic hydroxyl groups excluding tert-OH is 1. The summed E-state index contributed by atoms with van der Waals surface area (Å²) in [4.78, 5) is 0. The van der Waals surface area contributed by atoms with Crippen molar-refractivity contribution in [3.8, 4) is 0 Å². The van der Waals surface area contributed by atoms with E-state index in [4.69, 9.17) is 4.74 Å². The van der Waals surface area contributed by atoms with E-state index in [1.54, 1.807) is 0 Å². The SMILES string of the molecule is C=C(C)[C@H](C)[C@H](O)COCc1ccccc1. The standard InChI is InChI=1S/C14H20O2/c1-11(2)12(3)14(15)10-16-9-13-7-5-4-6-8-13/h4-8,12,14-15H,1,9-10H2,2-3H3/t12-,14+/m0/s1. The van der Waals surface area contributed by atoms with E-state index in [1.165, 1.54) is 0 Å². The van der Waals surface area contributed by atoms with Crippen LogP contribution in [0.5, 0.6) is 0 Å².